The predicted molar refractivity (Wildman–Crippen MR) is 104 cm³/mol. The van der Waals surface area contributed by atoms with Gasteiger partial charge in [-0.05, 0) is 52.9 Å². The zero-order chi connectivity index (χ0) is 20.8. The van der Waals surface area contributed by atoms with Crippen molar-refractivity contribution in [3.8, 4) is 0 Å². The molecule has 2 rings (SSSR count). The summed E-state index contributed by atoms with van der Waals surface area (Å²) in [6, 6.07) is 4.37. The van der Waals surface area contributed by atoms with Gasteiger partial charge in [0.25, 0.3) is 0 Å². The van der Waals surface area contributed by atoms with Crippen molar-refractivity contribution in [2.75, 3.05) is 19.8 Å². The van der Waals surface area contributed by atoms with Crippen molar-refractivity contribution in [3.05, 3.63) is 34.1 Å². The molecule has 1 aliphatic heterocycles. The summed E-state index contributed by atoms with van der Waals surface area (Å²) in [4.78, 5) is 13.8. The number of nitrogens with one attached hydrogen (secondary N) is 1. The quantitative estimate of drug-likeness (QED) is 0.726. The molecule has 1 heterocycles. The number of benzene rings is 1. The topological polar surface area (TPSA) is 79.0 Å². The van der Waals surface area contributed by atoms with Crippen molar-refractivity contribution < 1.29 is 22.3 Å². The minimum atomic E-state index is -3.78. The second-order valence-electron chi connectivity index (χ2n) is 7.80. The van der Waals surface area contributed by atoms with Crippen LogP contribution in [0.2, 0.25) is 0 Å². The van der Waals surface area contributed by atoms with E-state index in [-0.39, 0.29) is 11.3 Å². The molecule has 0 aliphatic carbocycles. The highest BCUT2D eigenvalue weighted by Crippen LogP contribution is 2.38. The molecule has 0 saturated carbocycles. The van der Waals surface area contributed by atoms with E-state index >= 15 is 0 Å². The molecule has 27 heavy (non-hydrogen) atoms. The fourth-order valence-electron chi connectivity index (χ4n) is 3.00. The van der Waals surface area contributed by atoms with Gasteiger partial charge in [-0.15, -0.1) is 0 Å². The van der Waals surface area contributed by atoms with Gasteiger partial charge in [0.15, 0.2) is 6.29 Å². The Morgan fingerprint density at radius 2 is 1.96 bits per heavy atom. The first-order valence-corrected chi connectivity index (χ1v) is 10.7. The van der Waals surface area contributed by atoms with Gasteiger partial charge in [-0.2, -0.15) is 4.31 Å². The van der Waals surface area contributed by atoms with E-state index in [0.29, 0.717) is 4.47 Å². The fourth-order valence-corrected chi connectivity index (χ4v) is 5.14. The van der Waals surface area contributed by atoms with Gasteiger partial charge in [-0.1, -0.05) is 15.9 Å². The number of amides is 1. The maximum Gasteiger partial charge on any atom is 0.409 e. The van der Waals surface area contributed by atoms with Crippen LogP contribution in [0.3, 0.4) is 0 Å². The van der Waals surface area contributed by atoms with E-state index in [4.69, 9.17) is 4.74 Å². The molecule has 1 aliphatic rings. The molecule has 2 atom stereocenters. The molecule has 1 amide bonds. The average Bonchev–Trinajstić information content (AvgIpc) is 2.50. The van der Waals surface area contributed by atoms with Gasteiger partial charge in [0.2, 0.25) is 10.0 Å². The molecule has 0 radical (unpaired) electrons. The molecule has 0 aromatic heterocycles. The molecule has 1 N–H and O–H groups in total. The molecular weight excluding hydrogens is 441 g/mol. The van der Waals surface area contributed by atoms with E-state index in [1.165, 1.54) is 13.1 Å². The Morgan fingerprint density at radius 3 is 2.52 bits per heavy atom. The van der Waals surface area contributed by atoms with Crippen molar-refractivity contribution in [3.63, 3.8) is 0 Å². The lowest BCUT2D eigenvalue weighted by Gasteiger charge is -2.50. The van der Waals surface area contributed by atoms with Crippen LogP contribution in [-0.2, 0) is 20.3 Å². The Hall–Kier alpha value is -1.23. The van der Waals surface area contributed by atoms with Crippen molar-refractivity contribution in [2.45, 2.75) is 45.1 Å². The van der Waals surface area contributed by atoms with E-state index in [1.54, 1.807) is 51.8 Å². The van der Waals surface area contributed by atoms with Crippen LogP contribution in [0.4, 0.5) is 9.18 Å². The largest absolute Gasteiger partial charge is 0.444 e. The Bertz CT molecular complexity index is 843. The number of carbonyl (C=O) groups is 1. The third-order valence-electron chi connectivity index (χ3n) is 4.55. The smallest absolute Gasteiger partial charge is 0.409 e. The summed E-state index contributed by atoms with van der Waals surface area (Å²) in [6.45, 7) is 6.75. The highest BCUT2D eigenvalue weighted by atomic mass is 79.9. The summed E-state index contributed by atoms with van der Waals surface area (Å²) in [6.07, 6.45) is -1.80. The second-order valence-corrected chi connectivity index (χ2v) is 10.7. The average molecular weight is 466 g/mol. The number of hydrogen-bond donors (Lipinski definition) is 1. The number of hydrogen-bond acceptors (Lipinski definition) is 5. The predicted octanol–water partition coefficient (Wildman–Crippen LogP) is 2.82. The zero-order valence-electron chi connectivity index (χ0n) is 16.2. The Morgan fingerprint density at radius 1 is 1.37 bits per heavy atom. The number of halogens is 2. The van der Waals surface area contributed by atoms with Gasteiger partial charge in [0.05, 0.1) is 11.3 Å². The van der Waals surface area contributed by atoms with E-state index in [1.807, 2.05) is 0 Å². The fraction of sp³-hybridized carbons (Fsp3) is 0.588. The van der Waals surface area contributed by atoms with Crippen molar-refractivity contribution in [2.24, 2.45) is 0 Å². The van der Waals surface area contributed by atoms with Gasteiger partial charge in [-0.3, -0.25) is 10.2 Å². The molecule has 1 unspecified atom stereocenters. The lowest BCUT2D eigenvalue weighted by molar-refractivity contribution is -0.00792. The van der Waals surface area contributed by atoms with Crippen LogP contribution in [-0.4, -0.2) is 55.5 Å². The molecule has 1 saturated heterocycles. The number of rotatable bonds is 2. The highest BCUT2D eigenvalue weighted by Gasteiger charge is 2.50. The van der Waals surface area contributed by atoms with E-state index in [2.05, 4.69) is 21.2 Å². The van der Waals surface area contributed by atoms with Crippen LogP contribution in [0.25, 0.3) is 0 Å². The Labute approximate surface area is 168 Å². The van der Waals surface area contributed by atoms with Crippen LogP contribution in [0, 0.1) is 5.82 Å². The summed E-state index contributed by atoms with van der Waals surface area (Å²) in [7, 11) is -0.781. The first-order valence-electron chi connectivity index (χ1n) is 8.31. The molecule has 1 aromatic carbocycles. The van der Waals surface area contributed by atoms with E-state index in [9.17, 15) is 17.6 Å². The van der Waals surface area contributed by atoms with Crippen molar-refractivity contribution in [1.82, 2.24) is 14.5 Å². The number of sulfonamides is 1. The minimum absolute atomic E-state index is 0.215. The maximum absolute atomic E-state index is 14.6. The third kappa shape index (κ3) is 4.61. The molecular formula is C17H25BrFN3O4S. The van der Waals surface area contributed by atoms with Crippen LogP contribution < -0.4 is 5.32 Å². The molecule has 1 fully saturated rings. The van der Waals surface area contributed by atoms with Crippen LogP contribution in [0.1, 0.15) is 33.3 Å². The van der Waals surface area contributed by atoms with E-state index < -0.39 is 39.4 Å². The van der Waals surface area contributed by atoms with Gasteiger partial charge in [0.1, 0.15) is 11.4 Å². The molecule has 7 nitrogen and oxygen atoms in total. The zero-order valence-corrected chi connectivity index (χ0v) is 18.6. The van der Waals surface area contributed by atoms with Crippen LogP contribution in [0.15, 0.2) is 22.7 Å². The molecule has 0 bridgehead atoms. The number of carbonyl (C=O) groups excluding carboxylic acids is 1. The van der Waals surface area contributed by atoms with E-state index in [0.717, 1.165) is 4.31 Å². The maximum atomic E-state index is 14.6. The lowest BCUT2D eigenvalue weighted by atomic mass is 9.91. The summed E-state index contributed by atoms with van der Waals surface area (Å²) >= 11 is 3.30. The summed E-state index contributed by atoms with van der Waals surface area (Å²) in [5, 5.41) is 2.57. The van der Waals surface area contributed by atoms with Gasteiger partial charge in [0, 0.05) is 17.1 Å². The monoisotopic (exact) mass is 465 g/mol. The third-order valence-corrected chi connectivity index (χ3v) is 7.04. The first kappa shape index (κ1) is 22.1. The van der Waals surface area contributed by atoms with Crippen molar-refractivity contribution in [1.29, 1.82) is 0 Å². The summed E-state index contributed by atoms with van der Waals surface area (Å²) < 4.78 is 47.0. The molecule has 1 aromatic rings. The number of ether oxygens (including phenoxy) is 1. The van der Waals surface area contributed by atoms with Crippen LogP contribution in [0.5, 0.6) is 0 Å². The standard InChI is InChI=1S/C17H25BrFN3O4S/c1-16(2,3)26-15(23)20-14-21(5)17(4,10-27(24,25)22(14)6)12-9-11(18)7-8-13(12)19/h7-9,14H,10H2,1-6H3,(H,20,23)/t14?,17-/m0/s1. The highest BCUT2D eigenvalue weighted by molar-refractivity contribution is 9.10. The van der Waals surface area contributed by atoms with Gasteiger partial charge >= 0.3 is 6.09 Å². The van der Waals surface area contributed by atoms with Gasteiger partial charge in [-0.25, -0.2) is 17.6 Å². The lowest BCUT2D eigenvalue weighted by Crippen LogP contribution is -2.69. The van der Waals surface area contributed by atoms with Crippen molar-refractivity contribution >= 4 is 32.0 Å². The van der Waals surface area contributed by atoms with Crippen LogP contribution >= 0.6 is 15.9 Å². The number of alkyl carbamates (subject to hydrolysis) is 1. The first-order chi connectivity index (χ1) is 12.2. The summed E-state index contributed by atoms with van der Waals surface area (Å²) in [5.41, 5.74) is -1.74. The Kier molecular flexibility index (Phi) is 5.97. The Balaban J connectivity index is 2.47. The minimum Gasteiger partial charge on any atom is -0.444 e. The summed E-state index contributed by atoms with van der Waals surface area (Å²) in [5.74, 6) is -0.865. The van der Waals surface area contributed by atoms with Gasteiger partial charge < -0.3 is 4.74 Å². The number of nitrogens with zero attached hydrogens (tertiary/aromatic N) is 2. The molecule has 152 valence electrons. The molecule has 0 spiro atoms. The normalized spacial score (nSPS) is 26.6. The SMILES string of the molecule is CN1C(NC(=O)OC(C)(C)C)N(C)S(=O)(=O)C[C@@]1(C)c1cc(Br)ccc1F. The molecule has 10 heteroatoms. The second kappa shape index (κ2) is 7.31.